The molecule has 1 saturated carbocycles. The van der Waals surface area contributed by atoms with E-state index in [4.69, 9.17) is 9.72 Å². The van der Waals surface area contributed by atoms with Crippen molar-refractivity contribution in [3.63, 3.8) is 0 Å². The molecular formula is C47H51FN8O6. The second kappa shape index (κ2) is 16.5. The van der Waals surface area contributed by atoms with Crippen molar-refractivity contribution < 1.29 is 23.2 Å². The van der Waals surface area contributed by atoms with Crippen LogP contribution in [-0.2, 0) is 11.2 Å². The molecule has 0 spiro atoms. The molecule has 2 saturated heterocycles. The monoisotopic (exact) mass is 842 g/mol. The Morgan fingerprint density at radius 3 is 2.32 bits per heavy atom. The van der Waals surface area contributed by atoms with Crippen LogP contribution in [-0.4, -0.2) is 79.3 Å². The molecule has 0 bridgehead atoms. The summed E-state index contributed by atoms with van der Waals surface area (Å²) in [4.78, 5) is 69.4. The van der Waals surface area contributed by atoms with E-state index in [9.17, 15) is 23.6 Å². The average Bonchev–Trinajstić information content (AvgIpc) is 3.57. The van der Waals surface area contributed by atoms with Gasteiger partial charge in [-0.05, 0) is 118 Å². The number of benzene rings is 3. The number of carbonyl (C=O) groups excluding carboxylic acids is 2. The fraction of sp³-hybridized carbons (Fsp3) is 0.404. The molecule has 62 heavy (non-hydrogen) atoms. The Bertz CT molecular complexity index is 2770. The molecular weight excluding hydrogens is 792 g/mol. The van der Waals surface area contributed by atoms with Crippen LogP contribution in [0.15, 0.2) is 80.8 Å². The minimum atomic E-state index is -0.546. The first-order chi connectivity index (χ1) is 29.9. The Balaban J connectivity index is 0.000000428. The third-order valence-corrected chi connectivity index (χ3v) is 13.1. The number of aryl methyl sites for hydroxylation is 2. The summed E-state index contributed by atoms with van der Waals surface area (Å²) in [7, 11) is 0. The number of halogens is 1. The molecule has 15 heteroatoms. The van der Waals surface area contributed by atoms with Gasteiger partial charge in [-0.25, -0.2) is 23.5 Å². The second-order valence-electron chi connectivity index (χ2n) is 17.2. The predicted molar refractivity (Wildman–Crippen MR) is 231 cm³/mol. The molecule has 3 amide bonds. The zero-order valence-electron chi connectivity index (χ0n) is 35.6. The number of ether oxygens (including phenoxy) is 1. The topological polar surface area (TPSA) is 163 Å². The zero-order valence-corrected chi connectivity index (χ0v) is 35.6. The molecule has 3 aromatic heterocycles. The van der Waals surface area contributed by atoms with E-state index in [2.05, 4.69) is 38.7 Å². The summed E-state index contributed by atoms with van der Waals surface area (Å²) >= 11 is 0. The number of aromatic amines is 2. The molecule has 2 N–H and O–H groups in total. The van der Waals surface area contributed by atoms with Gasteiger partial charge in [0.15, 0.2) is 5.82 Å². The summed E-state index contributed by atoms with van der Waals surface area (Å²) in [5.74, 6) is 1.42. The second-order valence-corrected chi connectivity index (χ2v) is 17.2. The minimum absolute atomic E-state index is 0.161. The van der Waals surface area contributed by atoms with Gasteiger partial charge >= 0.3 is 11.8 Å². The Hall–Kier alpha value is -6.35. The van der Waals surface area contributed by atoms with Crippen molar-refractivity contribution >= 4 is 28.8 Å². The van der Waals surface area contributed by atoms with Crippen molar-refractivity contribution in [2.75, 3.05) is 37.7 Å². The van der Waals surface area contributed by atoms with Gasteiger partial charge in [-0.2, -0.15) is 0 Å². The van der Waals surface area contributed by atoms with Gasteiger partial charge in [-0.3, -0.25) is 24.0 Å². The maximum atomic E-state index is 14.8. The van der Waals surface area contributed by atoms with E-state index in [1.807, 2.05) is 56.3 Å². The first kappa shape index (κ1) is 41.0. The summed E-state index contributed by atoms with van der Waals surface area (Å²) in [6.45, 7) is 11.9. The molecule has 3 aromatic carbocycles. The normalized spacial score (nSPS) is 20.6. The first-order valence-electron chi connectivity index (χ1n) is 21.5. The van der Waals surface area contributed by atoms with Crippen LogP contribution >= 0.6 is 0 Å². The maximum Gasteiger partial charge on any atom is 0.438 e. The summed E-state index contributed by atoms with van der Waals surface area (Å²) in [6, 6.07) is 20.3. The van der Waals surface area contributed by atoms with Gasteiger partial charge in [0.2, 0.25) is 5.95 Å². The first-order valence-corrected chi connectivity index (χ1v) is 21.5. The Morgan fingerprint density at radius 2 is 1.65 bits per heavy atom. The van der Waals surface area contributed by atoms with Crippen molar-refractivity contribution in [1.82, 2.24) is 34.5 Å². The van der Waals surface area contributed by atoms with Crippen LogP contribution in [0.1, 0.15) is 114 Å². The molecule has 6 heterocycles. The lowest BCUT2D eigenvalue weighted by molar-refractivity contribution is 0.0666. The number of nitrogens with zero attached hydrogens (tertiary/aromatic N) is 6. The van der Waals surface area contributed by atoms with E-state index in [-0.39, 0.29) is 41.7 Å². The molecule has 14 nitrogen and oxygen atoms in total. The maximum absolute atomic E-state index is 14.8. The van der Waals surface area contributed by atoms with E-state index < -0.39 is 11.8 Å². The molecule has 0 radical (unpaired) electrons. The van der Waals surface area contributed by atoms with Gasteiger partial charge in [-0.1, -0.05) is 48.5 Å². The molecule has 3 fully saturated rings. The number of rotatable bonds is 7. The number of anilines is 1. The predicted octanol–water partition coefficient (Wildman–Crippen LogP) is 7.61. The lowest BCUT2D eigenvalue weighted by atomic mass is 9.91. The fourth-order valence-electron chi connectivity index (χ4n) is 9.28. The highest BCUT2D eigenvalue weighted by Crippen LogP contribution is 2.45. The number of hydrogen-bond acceptors (Lipinski definition) is 8. The van der Waals surface area contributed by atoms with E-state index in [0.29, 0.717) is 77.0 Å². The molecule has 4 atom stereocenters. The number of amides is 3. The van der Waals surface area contributed by atoms with Crippen LogP contribution in [0.5, 0.6) is 0 Å². The number of fused-ring (bicyclic) bond motifs is 2. The third kappa shape index (κ3) is 7.63. The number of aromatic nitrogens is 5. The molecule has 3 aliphatic heterocycles. The van der Waals surface area contributed by atoms with Crippen molar-refractivity contribution in [3.8, 4) is 5.69 Å². The zero-order chi connectivity index (χ0) is 43.4. The van der Waals surface area contributed by atoms with Crippen molar-refractivity contribution in [2.24, 2.45) is 5.92 Å². The van der Waals surface area contributed by atoms with Crippen molar-refractivity contribution in [3.05, 3.63) is 138 Å². The van der Waals surface area contributed by atoms with E-state index in [1.165, 1.54) is 15.0 Å². The highest BCUT2D eigenvalue weighted by Gasteiger charge is 2.40. The number of urea groups is 1. The molecule has 6 aromatic rings. The van der Waals surface area contributed by atoms with Crippen LogP contribution < -0.4 is 16.2 Å². The van der Waals surface area contributed by atoms with Gasteiger partial charge in [0, 0.05) is 55.2 Å². The largest absolute Gasteiger partial charge is 0.438 e. The van der Waals surface area contributed by atoms with Crippen LogP contribution in [0.4, 0.5) is 15.1 Å². The van der Waals surface area contributed by atoms with Crippen LogP contribution in [0.3, 0.4) is 0 Å². The summed E-state index contributed by atoms with van der Waals surface area (Å²) in [5, 5.41) is 4.56. The van der Waals surface area contributed by atoms with E-state index in [0.717, 1.165) is 48.9 Å². The SMILES string of the molecule is CC1CC1c1noc(=O)[nH]1.Cc1cc(-n2c(N3CCN(C(C)c4ccccc4)C3=O)nc3c(c2=O)CCN(C(=O)c2cc4cc(C5CCOCC5)ccc4[nH]2)C3C)cc(C)c1F. The highest BCUT2D eigenvalue weighted by atomic mass is 19.1. The molecule has 1 aliphatic carbocycles. The Kier molecular flexibility index (Phi) is 10.9. The summed E-state index contributed by atoms with van der Waals surface area (Å²) in [6.07, 6.45) is 3.37. The van der Waals surface area contributed by atoms with Crippen molar-refractivity contribution in [1.29, 1.82) is 0 Å². The third-order valence-electron chi connectivity index (χ3n) is 13.1. The molecule has 4 unspecified atom stereocenters. The molecule has 322 valence electrons. The van der Waals surface area contributed by atoms with Crippen molar-refractivity contribution in [2.45, 2.75) is 84.2 Å². The van der Waals surface area contributed by atoms with Gasteiger partial charge in [0.05, 0.1) is 23.5 Å². The smallest absolute Gasteiger partial charge is 0.381 e. The van der Waals surface area contributed by atoms with Crippen LogP contribution in [0, 0.1) is 25.6 Å². The average molecular weight is 843 g/mol. The number of nitrogens with one attached hydrogen (secondary N) is 2. The van der Waals surface area contributed by atoms with Crippen LogP contribution in [0.2, 0.25) is 0 Å². The quantitative estimate of drug-likeness (QED) is 0.166. The van der Waals surface area contributed by atoms with E-state index in [1.54, 1.807) is 35.8 Å². The van der Waals surface area contributed by atoms with Gasteiger partial charge < -0.3 is 19.5 Å². The summed E-state index contributed by atoms with van der Waals surface area (Å²) in [5.41, 5.74) is 5.46. The highest BCUT2D eigenvalue weighted by molar-refractivity contribution is 5.98. The minimum Gasteiger partial charge on any atom is -0.381 e. The Morgan fingerprint density at radius 1 is 0.919 bits per heavy atom. The lowest BCUT2D eigenvalue weighted by Crippen LogP contribution is -2.44. The van der Waals surface area contributed by atoms with Gasteiger partial charge in [-0.15, -0.1) is 0 Å². The standard InChI is InChI=1S/C41H43FN6O4.C6H8N2O2/c1-24-20-32(21-25(2)36(24)42)48-38(49)33-12-15-45(39(50)35-23-31-22-30(10-11-34(31)43-35)29-13-18-52-19-14-29)27(4)37(33)44-40(48)47-17-16-46(41(47)51)26(3)28-8-6-5-7-9-28;1-3-2-4(3)5-7-6(9)10-8-5/h5-11,20-23,26-27,29,43H,12-19H2,1-4H3;3-4H,2H2,1H3,(H,7,8,9). The summed E-state index contributed by atoms with van der Waals surface area (Å²) < 4.78 is 26.2. The Labute approximate surface area is 357 Å². The lowest BCUT2D eigenvalue weighted by Gasteiger charge is -2.35. The molecule has 10 rings (SSSR count). The van der Waals surface area contributed by atoms with Crippen LogP contribution in [0.25, 0.3) is 16.6 Å². The number of carbonyl (C=O) groups is 2. The number of hydrogen-bond donors (Lipinski definition) is 2. The van der Waals surface area contributed by atoms with Gasteiger partial charge in [0.1, 0.15) is 11.5 Å². The number of H-pyrrole nitrogens is 2. The van der Waals surface area contributed by atoms with E-state index >= 15 is 0 Å². The fourth-order valence-corrected chi connectivity index (χ4v) is 9.28. The van der Waals surface area contributed by atoms with Gasteiger partial charge in [0.25, 0.3) is 11.5 Å². The molecule has 4 aliphatic rings.